The fraction of sp³-hybridized carbons (Fsp3) is 0.500. The zero-order chi connectivity index (χ0) is 13.7. The molecule has 1 amide bonds. The van der Waals surface area contributed by atoms with E-state index in [4.69, 9.17) is 10.5 Å². The summed E-state index contributed by atoms with van der Waals surface area (Å²) in [7, 11) is 1.66. The number of aryl methyl sites for hydroxylation is 1. The standard InChI is InChI=1S/C12H19N3O3/c1-4-14(3)11(16)8-18-12(17)10-6-9(13)7-15(10)5-2/h6-7H,4-5,8,13H2,1-3H3. The van der Waals surface area contributed by atoms with Crippen molar-refractivity contribution in [2.45, 2.75) is 20.4 Å². The van der Waals surface area contributed by atoms with Crippen LogP contribution in [0.2, 0.25) is 0 Å². The van der Waals surface area contributed by atoms with Gasteiger partial charge in [-0.05, 0) is 19.9 Å². The molecule has 0 aliphatic heterocycles. The average Bonchev–Trinajstić information content (AvgIpc) is 2.75. The van der Waals surface area contributed by atoms with E-state index in [9.17, 15) is 9.59 Å². The van der Waals surface area contributed by atoms with Gasteiger partial charge < -0.3 is 19.9 Å². The van der Waals surface area contributed by atoms with Crippen molar-refractivity contribution in [1.82, 2.24) is 9.47 Å². The maximum absolute atomic E-state index is 11.8. The Kier molecular flexibility index (Phi) is 4.76. The number of esters is 1. The van der Waals surface area contributed by atoms with Crippen LogP contribution in [-0.2, 0) is 16.1 Å². The van der Waals surface area contributed by atoms with E-state index in [2.05, 4.69) is 0 Å². The third kappa shape index (κ3) is 3.26. The Morgan fingerprint density at radius 1 is 1.44 bits per heavy atom. The van der Waals surface area contributed by atoms with Gasteiger partial charge in [0.05, 0.1) is 5.69 Å². The predicted octanol–water partition coefficient (Wildman–Crippen LogP) is 0.725. The lowest BCUT2D eigenvalue weighted by molar-refractivity contribution is -0.133. The van der Waals surface area contributed by atoms with Gasteiger partial charge in [0.1, 0.15) is 5.69 Å². The van der Waals surface area contributed by atoms with Crippen LogP contribution in [0.3, 0.4) is 0 Å². The van der Waals surface area contributed by atoms with Crippen molar-refractivity contribution in [2.75, 3.05) is 25.9 Å². The molecule has 1 aromatic rings. The summed E-state index contributed by atoms with van der Waals surface area (Å²) in [6.07, 6.45) is 1.66. The fourth-order valence-electron chi connectivity index (χ4n) is 1.45. The summed E-state index contributed by atoms with van der Waals surface area (Å²) in [5.41, 5.74) is 6.48. The second-order valence-corrected chi connectivity index (χ2v) is 3.93. The minimum absolute atomic E-state index is 0.228. The molecule has 0 fully saturated rings. The van der Waals surface area contributed by atoms with Gasteiger partial charge in [-0.25, -0.2) is 4.79 Å². The summed E-state index contributed by atoms with van der Waals surface area (Å²) < 4.78 is 6.65. The molecule has 0 aliphatic carbocycles. The van der Waals surface area contributed by atoms with Gasteiger partial charge in [-0.3, -0.25) is 4.79 Å². The molecule has 1 rings (SSSR count). The van der Waals surface area contributed by atoms with Crippen LogP contribution in [0.1, 0.15) is 24.3 Å². The number of ether oxygens (including phenoxy) is 1. The van der Waals surface area contributed by atoms with Crippen molar-refractivity contribution in [3.63, 3.8) is 0 Å². The van der Waals surface area contributed by atoms with E-state index in [1.54, 1.807) is 23.9 Å². The molecule has 0 radical (unpaired) electrons. The van der Waals surface area contributed by atoms with Gasteiger partial charge in [-0.1, -0.05) is 0 Å². The lowest BCUT2D eigenvalue weighted by Gasteiger charge is -2.14. The number of nitrogen functional groups attached to an aromatic ring is 1. The highest BCUT2D eigenvalue weighted by molar-refractivity contribution is 5.91. The van der Waals surface area contributed by atoms with Crippen LogP contribution in [0.4, 0.5) is 5.69 Å². The van der Waals surface area contributed by atoms with Crippen molar-refractivity contribution in [1.29, 1.82) is 0 Å². The topological polar surface area (TPSA) is 77.6 Å². The lowest BCUT2D eigenvalue weighted by atomic mass is 10.4. The Labute approximate surface area is 106 Å². The molecule has 0 saturated heterocycles. The normalized spacial score (nSPS) is 10.2. The van der Waals surface area contributed by atoms with Crippen LogP contribution in [-0.4, -0.2) is 41.5 Å². The first-order chi connectivity index (χ1) is 8.49. The molecule has 1 heterocycles. The van der Waals surface area contributed by atoms with E-state index in [1.807, 2.05) is 13.8 Å². The molecule has 18 heavy (non-hydrogen) atoms. The van der Waals surface area contributed by atoms with Gasteiger partial charge in [0.15, 0.2) is 6.61 Å². The Morgan fingerprint density at radius 2 is 2.11 bits per heavy atom. The largest absolute Gasteiger partial charge is 0.451 e. The van der Waals surface area contributed by atoms with Crippen LogP contribution in [0.5, 0.6) is 0 Å². The molecule has 0 atom stereocenters. The van der Waals surface area contributed by atoms with Crippen LogP contribution in [0, 0.1) is 0 Å². The summed E-state index contributed by atoms with van der Waals surface area (Å²) in [6.45, 7) is 4.69. The average molecular weight is 253 g/mol. The molecule has 1 aromatic heterocycles. The second kappa shape index (κ2) is 6.09. The Morgan fingerprint density at radius 3 is 2.67 bits per heavy atom. The minimum Gasteiger partial charge on any atom is -0.451 e. The fourth-order valence-corrected chi connectivity index (χ4v) is 1.45. The van der Waals surface area contributed by atoms with Crippen molar-refractivity contribution >= 4 is 17.6 Å². The molecule has 0 spiro atoms. The van der Waals surface area contributed by atoms with Gasteiger partial charge in [-0.15, -0.1) is 0 Å². The number of rotatable bonds is 5. The van der Waals surface area contributed by atoms with Crippen LogP contribution in [0.25, 0.3) is 0 Å². The number of nitrogens with two attached hydrogens (primary N) is 1. The van der Waals surface area contributed by atoms with E-state index in [-0.39, 0.29) is 12.5 Å². The maximum atomic E-state index is 11.8. The number of likely N-dealkylation sites (N-methyl/N-ethyl adjacent to an activating group) is 1. The molecule has 0 bridgehead atoms. The van der Waals surface area contributed by atoms with Gasteiger partial charge in [0.25, 0.3) is 5.91 Å². The SMILES string of the molecule is CCN(C)C(=O)COC(=O)c1cc(N)cn1CC. The molecule has 0 saturated carbocycles. The number of nitrogens with zero attached hydrogens (tertiary/aromatic N) is 2. The first kappa shape index (κ1) is 14.1. The van der Waals surface area contributed by atoms with E-state index < -0.39 is 5.97 Å². The zero-order valence-electron chi connectivity index (χ0n) is 11.0. The number of carbonyl (C=O) groups is 2. The number of hydrogen-bond donors (Lipinski definition) is 1. The smallest absolute Gasteiger partial charge is 0.355 e. The summed E-state index contributed by atoms with van der Waals surface area (Å²) in [6, 6.07) is 1.54. The van der Waals surface area contributed by atoms with Crippen LogP contribution >= 0.6 is 0 Å². The molecular weight excluding hydrogens is 234 g/mol. The van der Waals surface area contributed by atoms with Gasteiger partial charge in [-0.2, -0.15) is 0 Å². The summed E-state index contributed by atoms with van der Waals surface area (Å²) in [4.78, 5) is 24.8. The number of carbonyl (C=O) groups excluding carboxylic acids is 2. The number of hydrogen-bond acceptors (Lipinski definition) is 4. The molecular formula is C12H19N3O3. The van der Waals surface area contributed by atoms with E-state index in [0.29, 0.717) is 24.5 Å². The van der Waals surface area contributed by atoms with E-state index >= 15 is 0 Å². The zero-order valence-corrected chi connectivity index (χ0v) is 11.0. The quantitative estimate of drug-likeness (QED) is 0.784. The van der Waals surface area contributed by atoms with Crippen molar-refractivity contribution in [3.8, 4) is 0 Å². The number of amides is 1. The number of anilines is 1. The van der Waals surface area contributed by atoms with Crippen molar-refractivity contribution < 1.29 is 14.3 Å². The highest BCUT2D eigenvalue weighted by Crippen LogP contribution is 2.11. The third-order valence-corrected chi connectivity index (χ3v) is 2.69. The summed E-state index contributed by atoms with van der Waals surface area (Å²) in [5, 5.41) is 0. The summed E-state index contributed by atoms with van der Waals surface area (Å²) >= 11 is 0. The van der Waals surface area contributed by atoms with Gasteiger partial charge >= 0.3 is 5.97 Å². The molecule has 6 nitrogen and oxygen atoms in total. The Balaban J connectivity index is 2.63. The van der Waals surface area contributed by atoms with Crippen LogP contribution in [0.15, 0.2) is 12.3 Å². The minimum atomic E-state index is -0.536. The van der Waals surface area contributed by atoms with Crippen molar-refractivity contribution in [3.05, 3.63) is 18.0 Å². The molecule has 2 N–H and O–H groups in total. The predicted molar refractivity (Wildman–Crippen MR) is 68.1 cm³/mol. The summed E-state index contributed by atoms with van der Waals surface area (Å²) in [5.74, 6) is -0.764. The first-order valence-corrected chi connectivity index (χ1v) is 5.86. The van der Waals surface area contributed by atoms with Gasteiger partial charge in [0.2, 0.25) is 0 Å². The highest BCUT2D eigenvalue weighted by Gasteiger charge is 2.16. The lowest BCUT2D eigenvalue weighted by Crippen LogP contribution is -2.31. The first-order valence-electron chi connectivity index (χ1n) is 5.86. The van der Waals surface area contributed by atoms with E-state index in [0.717, 1.165) is 0 Å². The van der Waals surface area contributed by atoms with Crippen molar-refractivity contribution in [2.24, 2.45) is 0 Å². The van der Waals surface area contributed by atoms with Crippen LogP contribution < -0.4 is 5.73 Å². The third-order valence-electron chi connectivity index (χ3n) is 2.69. The van der Waals surface area contributed by atoms with Gasteiger partial charge in [0, 0.05) is 26.3 Å². The Hall–Kier alpha value is -1.98. The molecule has 0 aromatic carbocycles. The second-order valence-electron chi connectivity index (χ2n) is 3.93. The number of aromatic nitrogens is 1. The monoisotopic (exact) mass is 253 g/mol. The highest BCUT2D eigenvalue weighted by atomic mass is 16.5. The molecule has 0 aliphatic rings. The maximum Gasteiger partial charge on any atom is 0.355 e. The van der Waals surface area contributed by atoms with E-state index in [1.165, 1.54) is 4.90 Å². The molecule has 100 valence electrons. The molecule has 6 heteroatoms. The molecule has 0 unspecified atom stereocenters. The Bertz CT molecular complexity index is 440.